The van der Waals surface area contributed by atoms with E-state index in [0.717, 1.165) is 26.2 Å². The fourth-order valence-corrected chi connectivity index (χ4v) is 3.49. The summed E-state index contributed by atoms with van der Waals surface area (Å²) in [6, 6.07) is 0. The summed E-state index contributed by atoms with van der Waals surface area (Å²) in [5, 5.41) is 0.0240. The molecule has 0 aliphatic carbocycles. The predicted octanol–water partition coefficient (Wildman–Crippen LogP) is -1.47. The van der Waals surface area contributed by atoms with Gasteiger partial charge in [-0.1, -0.05) is 0 Å². The van der Waals surface area contributed by atoms with Crippen molar-refractivity contribution in [3.8, 4) is 0 Å². The number of anilines is 1. The van der Waals surface area contributed by atoms with Crippen molar-refractivity contribution < 1.29 is 8.42 Å². The normalized spacial score (nSPS) is 18.5. The molecular formula is C11H22N6O2S. The summed E-state index contributed by atoms with van der Waals surface area (Å²) in [6.07, 6.45) is 1.39. The number of hydrogen-bond acceptors (Lipinski definition) is 6. The second-order valence-electron chi connectivity index (χ2n) is 5.09. The van der Waals surface area contributed by atoms with Crippen LogP contribution >= 0.6 is 0 Å². The van der Waals surface area contributed by atoms with Crippen LogP contribution in [0.4, 0.5) is 5.82 Å². The van der Waals surface area contributed by atoms with Crippen molar-refractivity contribution in [1.29, 1.82) is 0 Å². The summed E-state index contributed by atoms with van der Waals surface area (Å²) in [6.45, 7) is 5.03. The largest absolute Gasteiger partial charge is 0.381 e. The maximum atomic E-state index is 12.1. The number of imidazole rings is 1. The van der Waals surface area contributed by atoms with Gasteiger partial charge in [0.25, 0.3) is 10.0 Å². The number of hydrogen-bond donors (Lipinski definition) is 2. The molecule has 1 aromatic rings. The Kier molecular flexibility index (Phi) is 4.63. The molecule has 0 atom stereocenters. The van der Waals surface area contributed by atoms with Gasteiger partial charge < -0.3 is 15.2 Å². The molecule has 0 bridgehead atoms. The Bertz CT molecular complexity index is 528. The van der Waals surface area contributed by atoms with Crippen LogP contribution < -0.4 is 10.5 Å². The zero-order valence-corrected chi connectivity index (χ0v) is 12.7. The van der Waals surface area contributed by atoms with Gasteiger partial charge in [0.15, 0.2) is 10.8 Å². The van der Waals surface area contributed by atoms with Gasteiger partial charge in [0, 0.05) is 46.3 Å². The maximum Gasteiger partial charge on any atom is 0.260 e. The summed E-state index contributed by atoms with van der Waals surface area (Å²) in [7, 11) is 0.0965. The van der Waals surface area contributed by atoms with Crippen molar-refractivity contribution in [2.75, 3.05) is 52.0 Å². The van der Waals surface area contributed by atoms with E-state index in [0.29, 0.717) is 13.1 Å². The van der Waals surface area contributed by atoms with E-state index in [2.05, 4.69) is 26.6 Å². The number of piperazine rings is 1. The Hall–Kier alpha value is -1.16. The van der Waals surface area contributed by atoms with Gasteiger partial charge in [-0.2, -0.15) is 0 Å². The van der Waals surface area contributed by atoms with Crippen molar-refractivity contribution in [1.82, 2.24) is 24.1 Å². The van der Waals surface area contributed by atoms with E-state index in [9.17, 15) is 8.42 Å². The Morgan fingerprint density at radius 1 is 1.30 bits per heavy atom. The topological polar surface area (TPSA) is 96.5 Å². The van der Waals surface area contributed by atoms with Gasteiger partial charge in [0.2, 0.25) is 0 Å². The van der Waals surface area contributed by atoms with Gasteiger partial charge in [0.05, 0.1) is 6.33 Å². The molecule has 0 radical (unpaired) electrons. The van der Waals surface area contributed by atoms with E-state index < -0.39 is 10.0 Å². The molecule has 1 aliphatic heterocycles. The summed E-state index contributed by atoms with van der Waals surface area (Å²) >= 11 is 0. The zero-order valence-electron chi connectivity index (χ0n) is 11.9. The molecule has 0 amide bonds. The van der Waals surface area contributed by atoms with E-state index in [1.54, 1.807) is 7.05 Å². The first-order valence-corrected chi connectivity index (χ1v) is 8.06. The molecule has 3 N–H and O–H groups in total. The average molecular weight is 302 g/mol. The quantitative estimate of drug-likeness (QED) is 0.689. The SMILES string of the molecule is CN1CCN(CCNS(=O)(=O)c2c(N)ncn2C)CC1. The van der Waals surface area contributed by atoms with Crippen molar-refractivity contribution in [2.24, 2.45) is 7.05 Å². The number of nitrogens with two attached hydrogens (primary N) is 1. The van der Waals surface area contributed by atoms with Crippen LogP contribution in [0.1, 0.15) is 0 Å². The number of aryl methyl sites for hydroxylation is 1. The number of rotatable bonds is 5. The minimum atomic E-state index is -3.60. The van der Waals surface area contributed by atoms with Crippen molar-refractivity contribution >= 4 is 15.8 Å². The van der Waals surface area contributed by atoms with Crippen LogP contribution in [0, 0.1) is 0 Å². The third-order valence-electron chi connectivity index (χ3n) is 3.48. The third-order valence-corrected chi connectivity index (χ3v) is 5.07. The summed E-state index contributed by atoms with van der Waals surface area (Å²) in [4.78, 5) is 8.30. The van der Waals surface area contributed by atoms with Gasteiger partial charge in [-0.25, -0.2) is 18.1 Å². The Labute approximate surface area is 119 Å². The van der Waals surface area contributed by atoms with Crippen molar-refractivity contribution in [3.63, 3.8) is 0 Å². The minimum absolute atomic E-state index is 0.0240. The van der Waals surface area contributed by atoms with Crippen molar-refractivity contribution in [2.45, 2.75) is 5.03 Å². The lowest BCUT2D eigenvalue weighted by Gasteiger charge is -2.32. The van der Waals surface area contributed by atoms with Gasteiger partial charge in [-0.3, -0.25) is 4.90 Å². The first-order chi connectivity index (χ1) is 9.40. The highest BCUT2D eigenvalue weighted by Crippen LogP contribution is 2.14. The Balaban J connectivity index is 1.87. The smallest absolute Gasteiger partial charge is 0.260 e. The number of nitrogen functional groups attached to an aromatic ring is 1. The molecule has 1 fully saturated rings. The van der Waals surface area contributed by atoms with Crippen molar-refractivity contribution in [3.05, 3.63) is 6.33 Å². The van der Waals surface area contributed by atoms with Crippen LogP contribution in [0.2, 0.25) is 0 Å². The first kappa shape index (κ1) is 15.2. The monoisotopic (exact) mass is 302 g/mol. The van der Waals surface area contributed by atoms with E-state index >= 15 is 0 Å². The van der Waals surface area contributed by atoms with Crippen LogP contribution in [0.5, 0.6) is 0 Å². The standard InChI is InChI=1S/C11H22N6O2S/c1-15-5-7-17(8-6-15)4-3-14-20(18,19)11-10(12)13-9-16(11)2/h9,14H,3-8,12H2,1-2H3. The lowest BCUT2D eigenvalue weighted by molar-refractivity contribution is 0.156. The second kappa shape index (κ2) is 6.08. The molecule has 1 saturated heterocycles. The van der Waals surface area contributed by atoms with Crippen LogP contribution in [-0.2, 0) is 17.1 Å². The van der Waals surface area contributed by atoms with E-state index in [1.165, 1.54) is 10.9 Å². The molecule has 2 rings (SSSR count). The molecule has 0 unspecified atom stereocenters. The van der Waals surface area contributed by atoms with Crippen LogP contribution in [0.15, 0.2) is 11.4 Å². The molecule has 0 spiro atoms. The highest BCUT2D eigenvalue weighted by atomic mass is 32.2. The number of nitrogens with zero attached hydrogens (tertiary/aromatic N) is 4. The zero-order chi connectivity index (χ0) is 14.8. The number of likely N-dealkylation sites (N-methyl/N-ethyl adjacent to an activating group) is 1. The third kappa shape index (κ3) is 3.48. The number of aromatic nitrogens is 2. The summed E-state index contributed by atoms with van der Waals surface area (Å²) in [5.41, 5.74) is 5.59. The number of sulfonamides is 1. The van der Waals surface area contributed by atoms with E-state index in [1.807, 2.05) is 0 Å². The van der Waals surface area contributed by atoms with Gasteiger partial charge in [-0.05, 0) is 7.05 Å². The minimum Gasteiger partial charge on any atom is -0.381 e. The van der Waals surface area contributed by atoms with Crippen LogP contribution in [-0.4, -0.2) is 74.1 Å². The summed E-state index contributed by atoms with van der Waals surface area (Å²) in [5.74, 6) is 0.0274. The molecular weight excluding hydrogens is 280 g/mol. The molecule has 8 nitrogen and oxygen atoms in total. The van der Waals surface area contributed by atoms with Gasteiger partial charge in [0.1, 0.15) is 0 Å². The molecule has 0 aromatic carbocycles. The van der Waals surface area contributed by atoms with Crippen LogP contribution in [0.25, 0.3) is 0 Å². The average Bonchev–Trinajstić information content (AvgIpc) is 2.72. The van der Waals surface area contributed by atoms with E-state index in [-0.39, 0.29) is 10.8 Å². The lowest BCUT2D eigenvalue weighted by Crippen LogP contribution is -2.47. The predicted molar refractivity (Wildman–Crippen MR) is 76.7 cm³/mol. The number of nitrogens with one attached hydrogen (secondary N) is 1. The molecule has 1 aromatic heterocycles. The van der Waals surface area contributed by atoms with Crippen LogP contribution in [0.3, 0.4) is 0 Å². The molecule has 20 heavy (non-hydrogen) atoms. The Morgan fingerprint density at radius 3 is 2.50 bits per heavy atom. The molecule has 2 heterocycles. The molecule has 9 heteroatoms. The summed E-state index contributed by atoms with van der Waals surface area (Å²) < 4.78 is 28.3. The van der Waals surface area contributed by atoms with Gasteiger partial charge in [-0.15, -0.1) is 0 Å². The first-order valence-electron chi connectivity index (χ1n) is 6.57. The highest BCUT2D eigenvalue weighted by molar-refractivity contribution is 7.89. The lowest BCUT2D eigenvalue weighted by atomic mass is 10.3. The van der Waals surface area contributed by atoms with Gasteiger partial charge >= 0.3 is 0 Å². The highest BCUT2D eigenvalue weighted by Gasteiger charge is 2.22. The molecule has 114 valence electrons. The second-order valence-corrected chi connectivity index (χ2v) is 6.77. The fourth-order valence-electron chi connectivity index (χ4n) is 2.24. The Morgan fingerprint density at radius 2 is 1.95 bits per heavy atom. The molecule has 0 saturated carbocycles. The van der Waals surface area contributed by atoms with E-state index in [4.69, 9.17) is 5.73 Å². The molecule has 1 aliphatic rings. The maximum absolute atomic E-state index is 12.1. The fraction of sp³-hybridized carbons (Fsp3) is 0.727.